The van der Waals surface area contributed by atoms with Crippen LogP contribution in [0.15, 0.2) is 30.5 Å². The van der Waals surface area contributed by atoms with E-state index in [9.17, 15) is 34.2 Å². The number of carboxylic acid groups (broad SMARTS) is 2. The first-order valence-electron chi connectivity index (χ1n) is 12.1. The maximum Gasteiger partial charge on any atom is 0.326 e. The smallest absolute Gasteiger partial charge is 0.326 e. The Kier molecular flexibility index (Phi) is 10.8. The Balaban J connectivity index is 2.15. The van der Waals surface area contributed by atoms with Gasteiger partial charge in [0.05, 0.1) is 18.6 Å². The highest BCUT2D eigenvalue weighted by atomic mass is 16.4. The van der Waals surface area contributed by atoms with Gasteiger partial charge in [-0.25, -0.2) is 4.79 Å². The van der Waals surface area contributed by atoms with Crippen LogP contribution in [0.2, 0.25) is 0 Å². The highest BCUT2D eigenvalue weighted by molar-refractivity contribution is 5.95. The molecule has 2 rings (SSSR count). The fraction of sp³-hybridized carbons (Fsp3) is 0.480. The summed E-state index contributed by atoms with van der Waals surface area (Å²) in [5, 5.41) is 36.7. The standard InChI is InChI=1S/C25H35N5O8/c1-12(2)8-18(28-22(34)16(26)10-20(32)33)23(35)30-21(13(3)31)24(36)29-19(25(37)38)9-14-11-27-17-7-5-4-6-15(14)17/h4-7,11-13,16,18-19,21,27,31H,8-10,26H2,1-3H3,(H,28,34)(H,29,36)(H,30,35)(H,32,33)(H,37,38). The number of aliphatic carboxylic acids is 2. The number of amides is 3. The molecule has 0 saturated heterocycles. The minimum absolute atomic E-state index is 0.0565. The van der Waals surface area contributed by atoms with Crippen molar-refractivity contribution in [1.82, 2.24) is 20.9 Å². The number of nitrogens with two attached hydrogens (primary N) is 1. The third kappa shape index (κ3) is 8.56. The lowest BCUT2D eigenvalue weighted by molar-refractivity contribution is -0.143. The van der Waals surface area contributed by atoms with E-state index in [0.29, 0.717) is 5.56 Å². The lowest BCUT2D eigenvalue weighted by Crippen LogP contribution is -2.60. The Morgan fingerprint density at radius 1 is 0.921 bits per heavy atom. The summed E-state index contributed by atoms with van der Waals surface area (Å²) < 4.78 is 0. The molecule has 1 aromatic carbocycles. The van der Waals surface area contributed by atoms with E-state index in [4.69, 9.17) is 10.8 Å². The number of aliphatic hydroxyl groups is 1. The van der Waals surface area contributed by atoms with E-state index in [2.05, 4.69) is 20.9 Å². The average Bonchev–Trinajstić information content (AvgIpc) is 3.23. The molecule has 1 aromatic heterocycles. The molecule has 0 aliphatic heterocycles. The van der Waals surface area contributed by atoms with E-state index in [1.807, 2.05) is 18.2 Å². The molecule has 0 fully saturated rings. The normalized spacial score (nSPS) is 15.2. The van der Waals surface area contributed by atoms with Crippen LogP contribution in [-0.2, 0) is 30.4 Å². The number of fused-ring (bicyclic) bond motifs is 1. The second-order valence-electron chi connectivity index (χ2n) is 9.58. The maximum atomic E-state index is 13.0. The zero-order valence-corrected chi connectivity index (χ0v) is 21.4. The molecule has 2 aromatic rings. The van der Waals surface area contributed by atoms with Crippen LogP contribution in [0, 0.1) is 5.92 Å². The molecule has 5 unspecified atom stereocenters. The Morgan fingerprint density at radius 3 is 2.13 bits per heavy atom. The Morgan fingerprint density at radius 2 is 1.55 bits per heavy atom. The summed E-state index contributed by atoms with van der Waals surface area (Å²) >= 11 is 0. The number of rotatable bonds is 14. The first kappa shape index (κ1) is 30.3. The number of carbonyl (C=O) groups is 5. The molecule has 208 valence electrons. The lowest BCUT2D eigenvalue weighted by Gasteiger charge is -2.27. The van der Waals surface area contributed by atoms with Crippen molar-refractivity contribution in [2.45, 2.75) is 70.3 Å². The van der Waals surface area contributed by atoms with E-state index >= 15 is 0 Å². The number of carbonyl (C=O) groups excluding carboxylic acids is 3. The minimum atomic E-state index is -1.54. The number of carboxylic acids is 2. The van der Waals surface area contributed by atoms with Gasteiger partial charge in [0.2, 0.25) is 17.7 Å². The van der Waals surface area contributed by atoms with Crippen LogP contribution >= 0.6 is 0 Å². The topological polar surface area (TPSA) is 224 Å². The van der Waals surface area contributed by atoms with Crippen LogP contribution in [0.4, 0.5) is 0 Å². The largest absolute Gasteiger partial charge is 0.481 e. The van der Waals surface area contributed by atoms with Gasteiger partial charge in [0.1, 0.15) is 18.1 Å². The molecule has 0 aliphatic carbocycles. The Bertz CT molecular complexity index is 1160. The molecule has 13 nitrogen and oxygen atoms in total. The lowest BCUT2D eigenvalue weighted by atomic mass is 10.0. The van der Waals surface area contributed by atoms with Gasteiger partial charge < -0.3 is 42.0 Å². The van der Waals surface area contributed by atoms with E-state index < -0.39 is 66.4 Å². The molecule has 13 heteroatoms. The Labute approximate surface area is 219 Å². The summed E-state index contributed by atoms with van der Waals surface area (Å²) in [6, 6.07) is 1.79. The average molecular weight is 534 g/mol. The van der Waals surface area contributed by atoms with Crippen molar-refractivity contribution in [2.24, 2.45) is 11.7 Å². The molecule has 9 N–H and O–H groups in total. The van der Waals surface area contributed by atoms with Crippen LogP contribution in [0.25, 0.3) is 10.9 Å². The summed E-state index contributed by atoms with van der Waals surface area (Å²) in [5.41, 5.74) is 7.04. The fourth-order valence-electron chi connectivity index (χ4n) is 3.90. The maximum absolute atomic E-state index is 13.0. The van der Waals surface area contributed by atoms with Gasteiger partial charge in [0.25, 0.3) is 0 Å². The van der Waals surface area contributed by atoms with Crippen molar-refractivity contribution in [3.05, 3.63) is 36.0 Å². The minimum Gasteiger partial charge on any atom is -0.481 e. The number of benzene rings is 1. The molecule has 38 heavy (non-hydrogen) atoms. The number of aromatic amines is 1. The molecule has 5 atom stereocenters. The van der Waals surface area contributed by atoms with Gasteiger partial charge in [0, 0.05) is 23.5 Å². The van der Waals surface area contributed by atoms with Crippen molar-refractivity contribution >= 4 is 40.6 Å². The molecular weight excluding hydrogens is 498 g/mol. The summed E-state index contributed by atoms with van der Waals surface area (Å²) in [6.07, 6.45) is -0.336. The third-order valence-corrected chi connectivity index (χ3v) is 5.85. The van der Waals surface area contributed by atoms with Crippen LogP contribution in [0.3, 0.4) is 0 Å². The quantitative estimate of drug-likeness (QED) is 0.156. The summed E-state index contributed by atoms with van der Waals surface area (Å²) in [4.78, 5) is 64.1. The molecule has 0 aliphatic rings. The van der Waals surface area contributed by atoms with Crippen molar-refractivity contribution < 1.29 is 39.3 Å². The Hall–Kier alpha value is -3.97. The molecular formula is C25H35N5O8. The SMILES string of the molecule is CC(C)CC(NC(=O)C(N)CC(=O)O)C(=O)NC(C(=O)NC(Cc1c[nH]c2ccccc12)C(=O)O)C(C)O. The van der Waals surface area contributed by atoms with E-state index in [1.54, 1.807) is 26.1 Å². The van der Waals surface area contributed by atoms with Crippen molar-refractivity contribution in [1.29, 1.82) is 0 Å². The summed E-state index contributed by atoms with van der Waals surface area (Å²) in [5.74, 6) is -5.30. The molecule has 0 bridgehead atoms. The molecule has 1 heterocycles. The van der Waals surface area contributed by atoms with E-state index in [1.165, 1.54) is 6.92 Å². The first-order valence-corrected chi connectivity index (χ1v) is 12.1. The number of hydrogen-bond acceptors (Lipinski definition) is 7. The molecule has 3 amide bonds. The van der Waals surface area contributed by atoms with Crippen molar-refractivity contribution in [3.63, 3.8) is 0 Å². The number of aliphatic hydroxyl groups excluding tert-OH is 1. The first-order chi connectivity index (χ1) is 17.8. The van der Waals surface area contributed by atoms with Gasteiger partial charge in [-0.3, -0.25) is 19.2 Å². The van der Waals surface area contributed by atoms with Gasteiger partial charge in [-0.05, 0) is 30.9 Å². The highest BCUT2D eigenvalue weighted by Gasteiger charge is 2.33. The number of para-hydroxylation sites is 1. The summed E-state index contributed by atoms with van der Waals surface area (Å²) in [6.45, 7) is 4.81. The van der Waals surface area contributed by atoms with Gasteiger partial charge in [-0.1, -0.05) is 32.0 Å². The molecule has 0 saturated carbocycles. The van der Waals surface area contributed by atoms with Crippen LogP contribution in [-0.4, -0.2) is 80.2 Å². The number of nitrogens with one attached hydrogen (secondary N) is 4. The van der Waals surface area contributed by atoms with E-state index in [0.717, 1.165) is 10.9 Å². The number of hydrogen-bond donors (Lipinski definition) is 8. The molecule has 0 radical (unpaired) electrons. The van der Waals surface area contributed by atoms with Gasteiger partial charge in [0.15, 0.2) is 0 Å². The van der Waals surface area contributed by atoms with Crippen LogP contribution < -0.4 is 21.7 Å². The number of H-pyrrole nitrogens is 1. The highest BCUT2D eigenvalue weighted by Crippen LogP contribution is 2.19. The second-order valence-corrected chi connectivity index (χ2v) is 9.58. The van der Waals surface area contributed by atoms with Crippen molar-refractivity contribution in [2.75, 3.05) is 0 Å². The zero-order chi connectivity index (χ0) is 28.6. The van der Waals surface area contributed by atoms with Crippen LogP contribution in [0.5, 0.6) is 0 Å². The zero-order valence-electron chi connectivity index (χ0n) is 21.4. The monoisotopic (exact) mass is 533 g/mol. The van der Waals surface area contributed by atoms with Gasteiger partial charge >= 0.3 is 11.9 Å². The third-order valence-electron chi connectivity index (χ3n) is 5.85. The van der Waals surface area contributed by atoms with Crippen molar-refractivity contribution in [3.8, 4) is 0 Å². The summed E-state index contributed by atoms with van der Waals surface area (Å²) in [7, 11) is 0. The van der Waals surface area contributed by atoms with Gasteiger partial charge in [-0.2, -0.15) is 0 Å². The predicted molar refractivity (Wildman–Crippen MR) is 137 cm³/mol. The van der Waals surface area contributed by atoms with Gasteiger partial charge in [-0.15, -0.1) is 0 Å². The fourth-order valence-corrected chi connectivity index (χ4v) is 3.90. The second kappa shape index (κ2) is 13.5. The van der Waals surface area contributed by atoms with E-state index in [-0.39, 0.29) is 18.8 Å². The van der Waals surface area contributed by atoms with Crippen LogP contribution in [0.1, 0.15) is 39.2 Å². The molecule has 0 spiro atoms. The predicted octanol–water partition coefficient (Wildman–Crippen LogP) is -0.522. The number of aromatic nitrogens is 1.